The maximum atomic E-state index is 11.9. The highest BCUT2D eigenvalue weighted by Gasteiger charge is 2.36. The van der Waals surface area contributed by atoms with Crippen molar-refractivity contribution in [1.82, 2.24) is 4.90 Å². The fraction of sp³-hybridized carbons (Fsp3) is 0.533. The number of benzene rings is 1. The van der Waals surface area contributed by atoms with Crippen LogP contribution in [-0.2, 0) is 9.53 Å². The number of rotatable bonds is 3. The molecule has 1 saturated heterocycles. The van der Waals surface area contributed by atoms with Crippen LogP contribution >= 0.6 is 0 Å². The molecule has 19 heavy (non-hydrogen) atoms. The number of aliphatic hydroxyl groups is 1. The summed E-state index contributed by atoms with van der Waals surface area (Å²) in [5.41, 5.74) is 1.17. The molecule has 4 nitrogen and oxygen atoms in total. The first-order valence-electron chi connectivity index (χ1n) is 6.70. The zero-order valence-electron chi connectivity index (χ0n) is 11.5. The van der Waals surface area contributed by atoms with Gasteiger partial charge in [0.2, 0.25) is 0 Å². The van der Waals surface area contributed by atoms with Gasteiger partial charge in [-0.05, 0) is 25.3 Å². The number of hydrogen-bond acceptors (Lipinski definition) is 4. The first-order chi connectivity index (χ1) is 9.13. The van der Waals surface area contributed by atoms with Gasteiger partial charge in [-0.1, -0.05) is 30.3 Å². The van der Waals surface area contributed by atoms with Crippen LogP contribution in [0, 0.1) is 0 Å². The molecule has 0 saturated carbocycles. The molecule has 4 heteroatoms. The van der Waals surface area contributed by atoms with E-state index in [2.05, 4.69) is 24.0 Å². The molecule has 1 aromatic rings. The third kappa shape index (κ3) is 3.14. The Morgan fingerprint density at radius 1 is 1.42 bits per heavy atom. The molecule has 1 fully saturated rings. The van der Waals surface area contributed by atoms with Crippen molar-refractivity contribution in [3.05, 3.63) is 35.9 Å². The molecule has 3 atom stereocenters. The Morgan fingerprint density at radius 3 is 2.74 bits per heavy atom. The van der Waals surface area contributed by atoms with E-state index >= 15 is 0 Å². The van der Waals surface area contributed by atoms with E-state index in [9.17, 15) is 9.90 Å². The van der Waals surface area contributed by atoms with Gasteiger partial charge in [-0.2, -0.15) is 0 Å². The SMILES string of the molecule is COC(=O)[C@H]1C[C@@H](O)CCN1[C@H](C)c1ccccc1. The Labute approximate surface area is 114 Å². The van der Waals surface area contributed by atoms with Gasteiger partial charge in [0.15, 0.2) is 0 Å². The number of carbonyl (C=O) groups excluding carboxylic acids is 1. The lowest BCUT2D eigenvalue weighted by molar-refractivity contribution is -0.151. The van der Waals surface area contributed by atoms with Crippen LogP contribution in [-0.4, -0.2) is 41.8 Å². The van der Waals surface area contributed by atoms with Crippen molar-refractivity contribution in [2.24, 2.45) is 0 Å². The molecule has 0 aliphatic carbocycles. The summed E-state index contributed by atoms with van der Waals surface area (Å²) in [6, 6.07) is 9.87. The minimum Gasteiger partial charge on any atom is -0.468 e. The molecule has 1 aromatic carbocycles. The lowest BCUT2D eigenvalue weighted by Crippen LogP contribution is -2.49. The summed E-state index contributed by atoms with van der Waals surface area (Å²) in [5.74, 6) is -0.262. The number of nitrogens with zero attached hydrogens (tertiary/aromatic N) is 1. The summed E-state index contributed by atoms with van der Waals surface area (Å²) in [4.78, 5) is 14.0. The van der Waals surface area contributed by atoms with Crippen molar-refractivity contribution < 1.29 is 14.6 Å². The predicted molar refractivity (Wildman–Crippen MR) is 72.6 cm³/mol. The van der Waals surface area contributed by atoms with Crippen LogP contribution in [0.3, 0.4) is 0 Å². The monoisotopic (exact) mass is 263 g/mol. The summed E-state index contributed by atoms with van der Waals surface area (Å²) < 4.78 is 4.86. The molecule has 1 aliphatic heterocycles. The number of esters is 1. The van der Waals surface area contributed by atoms with Crippen LogP contribution in [0.2, 0.25) is 0 Å². The van der Waals surface area contributed by atoms with Crippen LogP contribution in [0.15, 0.2) is 30.3 Å². The van der Waals surface area contributed by atoms with E-state index in [4.69, 9.17) is 4.74 Å². The number of piperidine rings is 1. The van der Waals surface area contributed by atoms with Crippen molar-refractivity contribution in [2.75, 3.05) is 13.7 Å². The Morgan fingerprint density at radius 2 is 2.11 bits per heavy atom. The van der Waals surface area contributed by atoms with E-state index in [1.165, 1.54) is 12.7 Å². The highest BCUT2D eigenvalue weighted by atomic mass is 16.5. The summed E-state index contributed by atoms with van der Waals surface area (Å²) in [6.45, 7) is 2.79. The molecule has 0 radical (unpaired) electrons. The number of carbonyl (C=O) groups is 1. The number of aliphatic hydroxyl groups excluding tert-OH is 1. The molecule has 0 amide bonds. The summed E-state index contributed by atoms with van der Waals surface area (Å²) in [6.07, 6.45) is 0.734. The summed E-state index contributed by atoms with van der Waals surface area (Å²) in [7, 11) is 1.40. The van der Waals surface area contributed by atoms with E-state index in [-0.39, 0.29) is 18.1 Å². The molecular weight excluding hydrogens is 242 g/mol. The van der Waals surface area contributed by atoms with Gasteiger partial charge in [0, 0.05) is 12.6 Å². The molecule has 104 valence electrons. The third-order valence-corrected chi connectivity index (χ3v) is 3.87. The van der Waals surface area contributed by atoms with E-state index in [0.29, 0.717) is 19.4 Å². The quantitative estimate of drug-likeness (QED) is 0.844. The number of ether oxygens (including phenoxy) is 1. The molecule has 0 aromatic heterocycles. The van der Waals surface area contributed by atoms with E-state index in [0.717, 1.165) is 0 Å². The molecular formula is C15H21NO3. The summed E-state index contributed by atoms with van der Waals surface area (Å²) in [5, 5.41) is 9.76. The van der Waals surface area contributed by atoms with Gasteiger partial charge in [0.25, 0.3) is 0 Å². The molecule has 0 spiro atoms. The number of hydrogen-bond donors (Lipinski definition) is 1. The van der Waals surface area contributed by atoms with Crippen LogP contribution in [0.25, 0.3) is 0 Å². The second-order valence-electron chi connectivity index (χ2n) is 5.04. The van der Waals surface area contributed by atoms with E-state index in [1.807, 2.05) is 18.2 Å². The predicted octanol–water partition coefficient (Wildman–Crippen LogP) is 1.75. The van der Waals surface area contributed by atoms with E-state index in [1.54, 1.807) is 0 Å². The van der Waals surface area contributed by atoms with Crippen molar-refractivity contribution in [2.45, 2.75) is 38.0 Å². The van der Waals surface area contributed by atoms with Crippen LogP contribution in [0.5, 0.6) is 0 Å². The highest BCUT2D eigenvalue weighted by Crippen LogP contribution is 2.28. The van der Waals surface area contributed by atoms with Gasteiger partial charge in [0.1, 0.15) is 6.04 Å². The fourth-order valence-corrected chi connectivity index (χ4v) is 2.72. The fourth-order valence-electron chi connectivity index (χ4n) is 2.72. The Hall–Kier alpha value is -1.39. The zero-order chi connectivity index (χ0) is 13.8. The number of likely N-dealkylation sites (tertiary alicyclic amines) is 1. The Balaban J connectivity index is 2.18. The van der Waals surface area contributed by atoms with Crippen LogP contribution < -0.4 is 0 Å². The van der Waals surface area contributed by atoms with Crippen LogP contribution in [0.4, 0.5) is 0 Å². The Kier molecular flexibility index (Phi) is 4.56. The third-order valence-electron chi connectivity index (χ3n) is 3.87. The maximum absolute atomic E-state index is 11.9. The average Bonchev–Trinajstić information content (AvgIpc) is 2.46. The topological polar surface area (TPSA) is 49.8 Å². The van der Waals surface area contributed by atoms with Gasteiger partial charge in [0.05, 0.1) is 13.2 Å². The lowest BCUT2D eigenvalue weighted by atomic mass is 9.95. The molecule has 1 N–H and O–H groups in total. The van der Waals surface area contributed by atoms with E-state index < -0.39 is 6.10 Å². The van der Waals surface area contributed by atoms with Gasteiger partial charge >= 0.3 is 5.97 Å². The highest BCUT2D eigenvalue weighted by molar-refractivity contribution is 5.76. The van der Waals surface area contributed by atoms with Gasteiger partial charge in [-0.15, -0.1) is 0 Å². The smallest absolute Gasteiger partial charge is 0.323 e. The van der Waals surface area contributed by atoms with Gasteiger partial charge in [-0.3, -0.25) is 9.69 Å². The zero-order valence-corrected chi connectivity index (χ0v) is 11.5. The normalized spacial score (nSPS) is 25.8. The first kappa shape index (κ1) is 14.0. The van der Waals surface area contributed by atoms with Crippen LogP contribution in [0.1, 0.15) is 31.4 Å². The molecule has 0 bridgehead atoms. The maximum Gasteiger partial charge on any atom is 0.323 e. The Bertz CT molecular complexity index is 421. The van der Waals surface area contributed by atoms with Crippen molar-refractivity contribution in [3.8, 4) is 0 Å². The molecule has 1 aliphatic rings. The largest absolute Gasteiger partial charge is 0.468 e. The first-order valence-corrected chi connectivity index (χ1v) is 6.70. The van der Waals surface area contributed by atoms with Crippen molar-refractivity contribution in [3.63, 3.8) is 0 Å². The average molecular weight is 263 g/mol. The molecule has 1 heterocycles. The second-order valence-corrected chi connectivity index (χ2v) is 5.04. The standard InChI is InChI=1S/C15H21NO3/c1-11(12-6-4-3-5-7-12)16-9-8-13(17)10-14(16)15(18)19-2/h3-7,11,13-14,17H,8-10H2,1-2H3/t11-,13+,14-/m1/s1. The number of methoxy groups -OCH3 is 1. The summed E-state index contributed by atoms with van der Waals surface area (Å²) >= 11 is 0. The van der Waals surface area contributed by atoms with Gasteiger partial charge < -0.3 is 9.84 Å². The lowest BCUT2D eigenvalue weighted by Gasteiger charge is -2.40. The molecule has 0 unspecified atom stereocenters. The van der Waals surface area contributed by atoms with Gasteiger partial charge in [-0.25, -0.2) is 0 Å². The second kappa shape index (κ2) is 6.17. The molecule has 2 rings (SSSR count). The minimum atomic E-state index is -0.414. The minimum absolute atomic E-state index is 0.137. The van der Waals surface area contributed by atoms with Crippen molar-refractivity contribution in [1.29, 1.82) is 0 Å². The van der Waals surface area contributed by atoms with Crippen molar-refractivity contribution >= 4 is 5.97 Å².